The number of para-hydroxylation sites is 1. The van der Waals surface area contributed by atoms with Crippen LogP contribution < -0.4 is 5.73 Å². The molecule has 2 aromatic rings. The summed E-state index contributed by atoms with van der Waals surface area (Å²) < 4.78 is 22.4. The van der Waals surface area contributed by atoms with Gasteiger partial charge < -0.3 is 5.73 Å². The molecule has 0 aliphatic heterocycles. The normalized spacial score (nSPS) is 13.7. The lowest BCUT2D eigenvalue weighted by atomic mass is 10.0. The smallest absolute Gasteiger partial charge is 0.148 e. The molecular weight excluding hydrogens is 248 g/mol. The van der Waals surface area contributed by atoms with Crippen molar-refractivity contribution in [1.29, 1.82) is 0 Å². The highest BCUT2D eigenvalue weighted by Gasteiger charge is 2.13. The van der Waals surface area contributed by atoms with E-state index in [1.54, 1.807) is 6.20 Å². The minimum atomic E-state index is -3.04. The molecule has 0 aliphatic carbocycles. The molecule has 0 fully saturated rings. The van der Waals surface area contributed by atoms with Crippen molar-refractivity contribution in [2.45, 2.75) is 12.5 Å². The molecule has 1 aromatic carbocycles. The van der Waals surface area contributed by atoms with Gasteiger partial charge in [0, 0.05) is 23.9 Å². The Morgan fingerprint density at radius 2 is 2.00 bits per heavy atom. The summed E-state index contributed by atoms with van der Waals surface area (Å²) in [4.78, 5) is 4.26. The predicted molar refractivity (Wildman–Crippen MR) is 73.1 cm³/mol. The summed E-state index contributed by atoms with van der Waals surface area (Å²) in [6, 6.07) is 9.28. The Balaban J connectivity index is 2.27. The van der Waals surface area contributed by atoms with Crippen molar-refractivity contribution in [3.63, 3.8) is 0 Å². The van der Waals surface area contributed by atoms with Crippen LogP contribution in [0.1, 0.15) is 5.56 Å². The van der Waals surface area contributed by atoms with Crippen molar-refractivity contribution in [2.75, 3.05) is 12.0 Å². The fourth-order valence-corrected chi connectivity index (χ4v) is 2.96. The third-order valence-electron chi connectivity index (χ3n) is 2.74. The number of nitrogens with zero attached hydrogens (tertiary/aromatic N) is 1. The maximum absolute atomic E-state index is 11.2. The van der Waals surface area contributed by atoms with Crippen LogP contribution in [0.15, 0.2) is 36.5 Å². The van der Waals surface area contributed by atoms with E-state index in [1.807, 2.05) is 30.3 Å². The van der Waals surface area contributed by atoms with Gasteiger partial charge >= 0.3 is 0 Å². The number of nitrogens with two attached hydrogens (primary N) is 1. The largest absolute Gasteiger partial charge is 0.326 e. The van der Waals surface area contributed by atoms with E-state index in [0.717, 1.165) is 16.5 Å². The first kappa shape index (κ1) is 13.0. The molecule has 4 nitrogen and oxygen atoms in total. The van der Waals surface area contributed by atoms with Crippen LogP contribution in [0.5, 0.6) is 0 Å². The predicted octanol–water partition coefficient (Wildman–Crippen LogP) is 1.15. The van der Waals surface area contributed by atoms with E-state index < -0.39 is 9.84 Å². The average Bonchev–Trinajstić information content (AvgIpc) is 2.27. The Morgan fingerprint density at radius 1 is 1.28 bits per heavy atom. The molecule has 0 aliphatic rings. The Bertz CT molecular complexity index is 648. The van der Waals surface area contributed by atoms with Crippen molar-refractivity contribution in [1.82, 2.24) is 4.98 Å². The van der Waals surface area contributed by atoms with Crippen LogP contribution in [-0.2, 0) is 16.3 Å². The highest BCUT2D eigenvalue weighted by Crippen LogP contribution is 2.17. The SMILES string of the molecule is CS(=O)(=O)CC(N)Cc1ccnc2ccccc12. The van der Waals surface area contributed by atoms with Gasteiger partial charge in [-0.15, -0.1) is 0 Å². The van der Waals surface area contributed by atoms with E-state index >= 15 is 0 Å². The van der Waals surface area contributed by atoms with Crippen molar-refractivity contribution < 1.29 is 8.42 Å². The number of hydrogen-bond donors (Lipinski definition) is 1. The number of benzene rings is 1. The third-order valence-corrected chi connectivity index (χ3v) is 3.77. The fourth-order valence-electron chi connectivity index (χ4n) is 2.06. The second kappa shape index (κ2) is 5.04. The summed E-state index contributed by atoms with van der Waals surface area (Å²) in [5.74, 6) is 0.00362. The van der Waals surface area contributed by atoms with E-state index in [4.69, 9.17) is 5.73 Å². The highest BCUT2D eigenvalue weighted by molar-refractivity contribution is 7.90. The summed E-state index contributed by atoms with van der Waals surface area (Å²) in [6.07, 6.45) is 3.47. The zero-order valence-electron chi connectivity index (χ0n) is 10.2. The molecule has 0 radical (unpaired) electrons. The quantitative estimate of drug-likeness (QED) is 0.899. The molecule has 2 N–H and O–H groups in total. The van der Waals surface area contributed by atoms with Crippen molar-refractivity contribution in [3.8, 4) is 0 Å². The maximum Gasteiger partial charge on any atom is 0.148 e. The van der Waals surface area contributed by atoms with E-state index in [1.165, 1.54) is 6.26 Å². The molecule has 1 aromatic heterocycles. The van der Waals surface area contributed by atoms with E-state index in [2.05, 4.69) is 4.98 Å². The standard InChI is InChI=1S/C13H16N2O2S/c1-18(16,17)9-11(14)8-10-6-7-15-13-5-3-2-4-12(10)13/h2-7,11H,8-9,14H2,1H3. The molecule has 1 unspecified atom stereocenters. The molecule has 2 rings (SSSR count). The van der Waals surface area contributed by atoms with E-state index in [9.17, 15) is 8.42 Å². The zero-order chi connectivity index (χ0) is 13.2. The average molecular weight is 264 g/mol. The van der Waals surface area contributed by atoms with Gasteiger partial charge in [-0.05, 0) is 24.1 Å². The Hall–Kier alpha value is -1.46. The van der Waals surface area contributed by atoms with Crippen LogP contribution in [0.25, 0.3) is 10.9 Å². The van der Waals surface area contributed by atoms with Crippen molar-refractivity contribution >= 4 is 20.7 Å². The van der Waals surface area contributed by atoms with Gasteiger partial charge in [0.25, 0.3) is 0 Å². The molecule has 0 bridgehead atoms. The highest BCUT2D eigenvalue weighted by atomic mass is 32.2. The number of rotatable bonds is 4. The van der Waals surface area contributed by atoms with Crippen LogP contribution in [-0.4, -0.2) is 31.5 Å². The number of sulfone groups is 1. The summed E-state index contributed by atoms with van der Waals surface area (Å²) in [6.45, 7) is 0. The van der Waals surface area contributed by atoms with Crippen molar-refractivity contribution in [3.05, 3.63) is 42.1 Å². The number of hydrogen-bond acceptors (Lipinski definition) is 4. The van der Waals surface area contributed by atoms with Crippen LogP contribution in [0.2, 0.25) is 0 Å². The number of aromatic nitrogens is 1. The minimum Gasteiger partial charge on any atom is -0.326 e. The lowest BCUT2D eigenvalue weighted by molar-refractivity contribution is 0.591. The van der Waals surface area contributed by atoms with Gasteiger partial charge in [-0.25, -0.2) is 8.42 Å². The van der Waals surface area contributed by atoms with Crippen LogP contribution in [0.4, 0.5) is 0 Å². The molecule has 1 atom stereocenters. The number of fused-ring (bicyclic) bond motifs is 1. The maximum atomic E-state index is 11.2. The van der Waals surface area contributed by atoms with Crippen LogP contribution in [0, 0.1) is 0 Å². The molecular formula is C13H16N2O2S. The van der Waals surface area contributed by atoms with Gasteiger partial charge in [0.05, 0.1) is 11.3 Å². The first-order chi connectivity index (χ1) is 8.46. The van der Waals surface area contributed by atoms with Gasteiger partial charge in [0.1, 0.15) is 9.84 Å². The molecule has 0 saturated carbocycles. The molecule has 96 valence electrons. The molecule has 5 heteroatoms. The Labute approximate surface area is 107 Å². The van der Waals surface area contributed by atoms with Crippen LogP contribution in [0.3, 0.4) is 0 Å². The summed E-state index contributed by atoms with van der Waals surface area (Å²) in [5, 5.41) is 1.03. The molecule has 0 amide bonds. The Kier molecular flexibility index (Phi) is 3.63. The van der Waals surface area contributed by atoms with Gasteiger partial charge in [0.2, 0.25) is 0 Å². The molecule has 0 spiro atoms. The fraction of sp³-hybridized carbons (Fsp3) is 0.308. The number of pyridine rings is 1. The summed E-state index contributed by atoms with van der Waals surface area (Å²) in [7, 11) is -3.04. The van der Waals surface area contributed by atoms with Gasteiger partial charge in [0.15, 0.2) is 0 Å². The lowest BCUT2D eigenvalue weighted by Gasteiger charge is -2.12. The zero-order valence-corrected chi connectivity index (χ0v) is 11.0. The first-order valence-electron chi connectivity index (χ1n) is 5.71. The molecule has 18 heavy (non-hydrogen) atoms. The van der Waals surface area contributed by atoms with Gasteiger partial charge in [-0.3, -0.25) is 4.98 Å². The molecule has 0 saturated heterocycles. The Morgan fingerprint density at radius 3 is 2.72 bits per heavy atom. The first-order valence-corrected chi connectivity index (χ1v) is 7.78. The topological polar surface area (TPSA) is 73.0 Å². The third kappa shape index (κ3) is 3.27. The van der Waals surface area contributed by atoms with Gasteiger partial charge in [-0.2, -0.15) is 0 Å². The molecule has 1 heterocycles. The minimum absolute atomic E-state index is 0.00362. The van der Waals surface area contributed by atoms with E-state index in [0.29, 0.717) is 6.42 Å². The summed E-state index contributed by atoms with van der Waals surface area (Å²) >= 11 is 0. The van der Waals surface area contributed by atoms with Crippen molar-refractivity contribution in [2.24, 2.45) is 5.73 Å². The van der Waals surface area contributed by atoms with Crippen LogP contribution >= 0.6 is 0 Å². The summed E-state index contributed by atoms with van der Waals surface area (Å²) in [5.41, 5.74) is 7.83. The second-order valence-corrected chi connectivity index (χ2v) is 6.73. The lowest BCUT2D eigenvalue weighted by Crippen LogP contribution is -2.31. The van der Waals surface area contributed by atoms with E-state index in [-0.39, 0.29) is 11.8 Å². The van der Waals surface area contributed by atoms with Gasteiger partial charge in [-0.1, -0.05) is 18.2 Å². The second-order valence-electron chi connectivity index (χ2n) is 4.54. The monoisotopic (exact) mass is 264 g/mol.